The third kappa shape index (κ3) is 3.49. The molecular formula is C11H10BrClN2O4S. The molecule has 1 aromatic rings. The molecule has 0 radical (unpaired) electrons. The van der Waals surface area contributed by atoms with Crippen molar-refractivity contribution in [2.45, 2.75) is 11.3 Å². The minimum Gasteiger partial charge on any atom is -0.478 e. The van der Waals surface area contributed by atoms with Gasteiger partial charge in [-0.1, -0.05) is 11.6 Å². The van der Waals surface area contributed by atoms with E-state index in [0.29, 0.717) is 0 Å². The predicted molar refractivity (Wildman–Crippen MR) is 76.2 cm³/mol. The van der Waals surface area contributed by atoms with E-state index in [1.54, 1.807) is 0 Å². The number of nitriles is 1. The van der Waals surface area contributed by atoms with Crippen LogP contribution in [0.15, 0.2) is 21.5 Å². The Morgan fingerprint density at radius 2 is 2.15 bits per heavy atom. The first-order valence-corrected chi connectivity index (χ1v) is 7.88. The lowest BCUT2D eigenvalue weighted by Gasteiger charge is -2.16. The summed E-state index contributed by atoms with van der Waals surface area (Å²) in [5, 5.41) is 17.4. The van der Waals surface area contributed by atoms with E-state index in [1.165, 1.54) is 13.1 Å². The fourth-order valence-corrected chi connectivity index (χ4v) is 3.40. The number of nitrogens with zero attached hydrogens (tertiary/aromatic N) is 2. The highest BCUT2D eigenvalue weighted by Gasteiger charge is 2.24. The Morgan fingerprint density at radius 3 is 2.65 bits per heavy atom. The lowest BCUT2D eigenvalue weighted by Crippen LogP contribution is -2.28. The summed E-state index contributed by atoms with van der Waals surface area (Å²) < 4.78 is 25.6. The second-order valence-corrected chi connectivity index (χ2v) is 7.08. The van der Waals surface area contributed by atoms with E-state index >= 15 is 0 Å². The van der Waals surface area contributed by atoms with Gasteiger partial charge in [0.25, 0.3) is 0 Å². The molecule has 0 atom stereocenters. The summed E-state index contributed by atoms with van der Waals surface area (Å²) in [5.74, 6) is -1.33. The summed E-state index contributed by atoms with van der Waals surface area (Å²) in [6, 6.07) is 4.06. The lowest BCUT2D eigenvalue weighted by molar-refractivity contribution is 0.0696. The van der Waals surface area contributed by atoms with E-state index in [2.05, 4.69) is 15.9 Å². The Labute approximate surface area is 129 Å². The minimum atomic E-state index is -3.88. The highest BCUT2D eigenvalue weighted by atomic mass is 79.9. The van der Waals surface area contributed by atoms with E-state index in [0.717, 1.165) is 10.4 Å². The van der Waals surface area contributed by atoms with Crippen LogP contribution in [0.1, 0.15) is 16.8 Å². The first-order chi connectivity index (χ1) is 9.21. The molecule has 0 aromatic heterocycles. The number of hydrogen-bond donors (Lipinski definition) is 1. The second kappa shape index (κ2) is 6.54. The molecule has 0 saturated carbocycles. The van der Waals surface area contributed by atoms with E-state index in [-0.39, 0.29) is 32.9 Å². The summed E-state index contributed by atoms with van der Waals surface area (Å²) in [5.41, 5.74) is -0.312. The van der Waals surface area contributed by atoms with Gasteiger partial charge in [0.15, 0.2) is 0 Å². The lowest BCUT2D eigenvalue weighted by atomic mass is 10.2. The zero-order valence-corrected chi connectivity index (χ0v) is 13.5. The summed E-state index contributed by atoms with van der Waals surface area (Å²) in [6.45, 7) is 0.0154. The smallest absolute Gasteiger partial charge is 0.337 e. The van der Waals surface area contributed by atoms with Gasteiger partial charge in [-0.3, -0.25) is 0 Å². The van der Waals surface area contributed by atoms with Crippen molar-refractivity contribution in [3.05, 3.63) is 27.2 Å². The van der Waals surface area contributed by atoms with Crippen molar-refractivity contribution in [3.8, 4) is 6.07 Å². The Bertz CT molecular complexity index is 684. The summed E-state index contributed by atoms with van der Waals surface area (Å²) in [6.07, 6.45) is 0.0380. The average Bonchev–Trinajstić information content (AvgIpc) is 2.38. The van der Waals surface area contributed by atoms with Crippen LogP contribution in [0.3, 0.4) is 0 Å². The molecule has 0 heterocycles. The maximum Gasteiger partial charge on any atom is 0.337 e. The van der Waals surface area contributed by atoms with Crippen molar-refractivity contribution in [3.63, 3.8) is 0 Å². The Balaban J connectivity index is 3.33. The van der Waals surface area contributed by atoms with Gasteiger partial charge in [0.05, 0.1) is 21.6 Å². The summed E-state index contributed by atoms with van der Waals surface area (Å²) in [7, 11) is -2.56. The van der Waals surface area contributed by atoms with Gasteiger partial charge in [-0.15, -0.1) is 0 Å². The molecule has 1 aromatic carbocycles. The van der Waals surface area contributed by atoms with Gasteiger partial charge >= 0.3 is 5.97 Å². The number of halogens is 2. The number of benzene rings is 1. The molecule has 6 nitrogen and oxygen atoms in total. The van der Waals surface area contributed by atoms with Gasteiger partial charge in [0.1, 0.15) is 0 Å². The maximum atomic E-state index is 12.2. The van der Waals surface area contributed by atoms with Gasteiger partial charge in [-0.25, -0.2) is 13.2 Å². The molecule has 0 unspecified atom stereocenters. The molecule has 0 spiro atoms. The molecule has 1 N–H and O–H groups in total. The molecule has 0 saturated heterocycles. The van der Waals surface area contributed by atoms with Crippen LogP contribution in [0.4, 0.5) is 0 Å². The van der Waals surface area contributed by atoms with Gasteiger partial charge in [-0.05, 0) is 28.1 Å². The van der Waals surface area contributed by atoms with E-state index in [4.69, 9.17) is 22.0 Å². The molecule has 0 aliphatic heterocycles. The minimum absolute atomic E-state index is 0.0154. The normalized spacial score (nSPS) is 11.3. The third-order valence-electron chi connectivity index (χ3n) is 2.48. The van der Waals surface area contributed by atoms with Crippen molar-refractivity contribution in [2.24, 2.45) is 0 Å². The number of hydrogen-bond acceptors (Lipinski definition) is 4. The SMILES string of the molecule is CN(CCC#N)S(=O)(=O)c1cc(Br)c(Cl)c(C(=O)O)c1. The monoisotopic (exact) mass is 380 g/mol. The standard InChI is InChI=1S/C11H10BrClN2O4S/c1-15(4-2-3-14)20(18,19)7-5-8(11(16)17)10(13)9(12)6-7/h5-6H,2,4H2,1H3,(H,16,17). The first kappa shape index (κ1) is 16.9. The Hall–Kier alpha value is -1.14. The zero-order chi connectivity index (χ0) is 15.5. The van der Waals surface area contributed by atoms with E-state index in [1.807, 2.05) is 6.07 Å². The van der Waals surface area contributed by atoms with Crippen LogP contribution in [0, 0.1) is 11.3 Å². The fourth-order valence-electron chi connectivity index (χ4n) is 1.38. The molecule has 20 heavy (non-hydrogen) atoms. The van der Waals surface area contributed by atoms with Crippen molar-refractivity contribution in [2.75, 3.05) is 13.6 Å². The van der Waals surface area contributed by atoms with E-state index in [9.17, 15) is 13.2 Å². The van der Waals surface area contributed by atoms with Crippen molar-refractivity contribution >= 4 is 43.5 Å². The Morgan fingerprint density at radius 1 is 1.55 bits per heavy atom. The van der Waals surface area contributed by atoms with Crippen LogP contribution in [0.25, 0.3) is 0 Å². The zero-order valence-electron chi connectivity index (χ0n) is 10.3. The number of carboxylic acids is 1. The number of carbonyl (C=O) groups is 1. The molecule has 9 heteroatoms. The van der Waals surface area contributed by atoms with Crippen LogP contribution in [-0.2, 0) is 10.0 Å². The maximum absolute atomic E-state index is 12.2. The van der Waals surface area contributed by atoms with Gasteiger partial charge in [0.2, 0.25) is 10.0 Å². The van der Waals surface area contributed by atoms with Crippen LogP contribution in [0.5, 0.6) is 0 Å². The molecule has 0 amide bonds. The number of aromatic carboxylic acids is 1. The molecule has 0 bridgehead atoms. The average molecular weight is 382 g/mol. The molecular weight excluding hydrogens is 372 g/mol. The highest BCUT2D eigenvalue weighted by molar-refractivity contribution is 9.10. The van der Waals surface area contributed by atoms with Crippen LogP contribution in [-0.4, -0.2) is 37.4 Å². The molecule has 108 valence electrons. The van der Waals surface area contributed by atoms with Crippen LogP contribution >= 0.6 is 27.5 Å². The Kier molecular flexibility index (Phi) is 5.53. The summed E-state index contributed by atoms with van der Waals surface area (Å²) >= 11 is 8.82. The predicted octanol–water partition coefficient (Wildman–Crippen LogP) is 2.33. The number of sulfonamides is 1. The van der Waals surface area contributed by atoms with Crippen LogP contribution in [0.2, 0.25) is 5.02 Å². The van der Waals surface area contributed by atoms with E-state index < -0.39 is 16.0 Å². The second-order valence-electron chi connectivity index (χ2n) is 3.81. The molecule has 1 rings (SSSR count). The van der Waals surface area contributed by atoms with Crippen LogP contribution < -0.4 is 0 Å². The molecule has 0 aliphatic rings. The fraction of sp³-hybridized carbons (Fsp3) is 0.273. The molecule has 0 aliphatic carbocycles. The molecule has 0 fully saturated rings. The largest absolute Gasteiger partial charge is 0.478 e. The topological polar surface area (TPSA) is 98.5 Å². The highest BCUT2D eigenvalue weighted by Crippen LogP contribution is 2.30. The van der Waals surface area contributed by atoms with Gasteiger partial charge in [0, 0.05) is 24.5 Å². The van der Waals surface area contributed by atoms with Crippen molar-refractivity contribution in [1.29, 1.82) is 5.26 Å². The number of carboxylic acid groups (broad SMARTS) is 1. The first-order valence-electron chi connectivity index (χ1n) is 5.27. The number of rotatable bonds is 5. The van der Waals surface area contributed by atoms with Gasteiger partial charge in [-0.2, -0.15) is 9.57 Å². The van der Waals surface area contributed by atoms with Gasteiger partial charge < -0.3 is 5.11 Å². The third-order valence-corrected chi connectivity index (χ3v) is 5.57. The quantitative estimate of drug-likeness (QED) is 0.844. The van der Waals surface area contributed by atoms with Crippen molar-refractivity contribution in [1.82, 2.24) is 4.31 Å². The van der Waals surface area contributed by atoms with Crippen molar-refractivity contribution < 1.29 is 18.3 Å². The summed E-state index contributed by atoms with van der Waals surface area (Å²) in [4.78, 5) is 10.8.